The molecule has 34 heavy (non-hydrogen) atoms. The lowest BCUT2D eigenvalue weighted by Crippen LogP contribution is -2.52. The Morgan fingerprint density at radius 3 is 2.76 bits per heavy atom. The number of likely N-dealkylation sites (tertiary alicyclic amines) is 1. The van der Waals surface area contributed by atoms with E-state index in [1.807, 2.05) is 30.3 Å². The number of piperidine rings is 1. The van der Waals surface area contributed by atoms with Crippen LogP contribution in [0.25, 0.3) is 10.9 Å². The maximum absolute atomic E-state index is 12.9. The van der Waals surface area contributed by atoms with E-state index in [1.54, 1.807) is 6.07 Å². The molecular weight excluding hydrogens is 526 g/mol. The molecular formula is C24H23BrClN3O5. The molecule has 1 aromatic heterocycles. The van der Waals surface area contributed by atoms with Gasteiger partial charge in [-0.25, -0.2) is 9.78 Å². The number of amides is 1. The number of nitrogens with zero attached hydrogens (tertiary/aromatic N) is 3. The van der Waals surface area contributed by atoms with Gasteiger partial charge in [0.1, 0.15) is 6.61 Å². The Bertz CT molecular complexity index is 1270. The van der Waals surface area contributed by atoms with E-state index in [-0.39, 0.29) is 25.4 Å². The van der Waals surface area contributed by atoms with Gasteiger partial charge in [0.25, 0.3) is 5.56 Å². The van der Waals surface area contributed by atoms with Gasteiger partial charge in [0, 0.05) is 17.4 Å². The molecule has 10 heteroatoms. The highest BCUT2D eigenvalue weighted by Gasteiger charge is 2.35. The quantitative estimate of drug-likeness (QED) is 0.501. The molecule has 0 aliphatic carbocycles. The first-order chi connectivity index (χ1) is 16.3. The summed E-state index contributed by atoms with van der Waals surface area (Å²) in [5.41, 5.74) is 0.910. The number of carbonyl (C=O) groups is 2. The van der Waals surface area contributed by atoms with Gasteiger partial charge in [-0.15, -0.1) is 0 Å². The number of Topliss-reactive ketones (excluding diaryl/α,β-unsaturated/α-hetero) is 1. The third-order valence-electron chi connectivity index (χ3n) is 5.83. The van der Waals surface area contributed by atoms with Gasteiger partial charge in [0.05, 0.1) is 40.9 Å². The number of hydrogen-bond donors (Lipinski definition) is 1. The molecule has 0 spiro atoms. The molecule has 4 rings (SSSR count). The summed E-state index contributed by atoms with van der Waals surface area (Å²) in [6.07, 6.45) is 0.857. The number of aliphatic hydroxyl groups is 1. The zero-order valence-corrected chi connectivity index (χ0v) is 20.5. The first kappa shape index (κ1) is 24.4. The first-order valence-electron chi connectivity index (χ1n) is 10.8. The van der Waals surface area contributed by atoms with E-state index in [1.165, 1.54) is 21.9 Å². The molecule has 2 aromatic carbocycles. The van der Waals surface area contributed by atoms with E-state index in [2.05, 4.69) is 20.9 Å². The van der Waals surface area contributed by atoms with Gasteiger partial charge < -0.3 is 14.7 Å². The number of aromatic nitrogens is 2. The van der Waals surface area contributed by atoms with Gasteiger partial charge >= 0.3 is 6.09 Å². The lowest BCUT2D eigenvalue weighted by molar-refractivity contribution is -0.122. The number of rotatable bonds is 6. The van der Waals surface area contributed by atoms with E-state index in [0.717, 1.165) is 5.56 Å². The topological polar surface area (TPSA) is 102 Å². The average molecular weight is 549 g/mol. The molecule has 1 aliphatic rings. The van der Waals surface area contributed by atoms with Crippen LogP contribution in [0, 0.1) is 0 Å². The number of halogens is 2. The van der Waals surface area contributed by atoms with Crippen molar-refractivity contribution in [3.63, 3.8) is 0 Å². The summed E-state index contributed by atoms with van der Waals surface area (Å²) < 4.78 is 7.25. The highest BCUT2D eigenvalue weighted by atomic mass is 79.9. The van der Waals surface area contributed by atoms with E-state index >= 15 is 0 Å². The van der Waals surface area contributed by atoms with Crippen molar-refractivity contribution in [1.82, 2.24) is 14.5 Å². The van der Waals surface area contributed by atoms with Crippen molar-refractivity contribution in [1.29, 1.82) is 0 Å². The van der Waals surface area contributed by atoms with Crippen molar-refractivity contribution in [3.8, 4) is 0 Å². The van der Waals surface area contributed by atoms with Crippen LogP contribution in [0.4, 0.5) is 4.79 Å². The molecule has 2 heterocycles. The Morgan fingerprint density at radius 2 is 2.00 bits per heavy atom. The van der Waals surface area contributed by atoms with E-state index in [0.29, 0.717) is 39.8 Å². The van der Waals surface area contributed by atoms with E-state index in [4.69, 9.17) is 16.3 Å². The summed E-state index contributed by atoms with van der Waals surface area (Å²) in [7, 11) is 0. The lowest BCUT2D eigenvalue weighted by Gasteiger charge is -2.38. The van der Waals surface area contributed by atoms with Crippen LogP contribution in [0.15, 0.2) is 58.1 Å². The van der Waals surface area contributed by atoms with Crippen LogP contribution < -0.4 is 5.56 Å². The van der Waals surface area contributed by atoms with Crippen molar-refractivity contribution in [2.24, 2.45) is 0 Å². The SMILES string of the molecule is O=C(C[C@@H]1[C@@H](O)CCCN1C(=O)OCc1ccccc1)Cn1cnc2cc(Br)c(Cl)cc2c1=O. The number of aliphatic hydroxyl groups excluding tert-OH is 1. The minimum Gasteiger partial charge on any atom is -0.445 e. The van der Waals surface area contributed by atoms with Gasteiger partial charge in [-0.1, -0.05) is 41.9 Å². The molecule has 1 fully saturated rings. The molecule has 0 bridgehead atoms. The van der Waals surface area contributed by atoms with Crippen LogP contribution in [-0.2, 0) is 22.7 Å². The van der Waals surface area contributed by atoms with Crippen molar-refractivity contribution in [2.75, 3.05) is 6.54 Å². The monoisotopic (exact) mass is 547 g/mol. The number of hydrogen-bond acceptors (Lipinski definition) is 6. The summed E-state index contributed by atoms with van der Waals surface area (Å²) in [6, 6.07) is 11.7. The fourth-order valence-electron chi connectivity index (χ4n) is 4.07. The highest BCUT2D eigenvalue weighted by molar-refractivity contribution is 9.10. The summed E-state index contributed by atoms with van der Waals surface area (Å²) in [5.74, 6) is -0.307. The van der Waals surface area contributed by atoms with Crippen LogP contribution in [0.3, 0.4) is 0 Å². The third-order valence-corrected chi connectivity index (χ3v) is 7.03. The third kappa shape index (κ3) is 5.48. The van der Waals surface area contributed by atoms with Crippen molar-refractivity contribution in [3.05, 3.63) is 74.2 Å². The molecule has 0 radical (unpaired) electrons. The molecule has 1 N–H and O–H groups in total. The summed E-state index contributed by atoms with van der Waals surface area (Å²) in [5, 5.41) is 11.2. The number of carbonyl (C=O) groups excluding carboxylic acids is 2. The number of ketones is 1. The molecule has 1 saturated heterocycles. The second-order valence-electron chi connectivity index (χ2n) is 8.21. The Kier molecular flexibility index (Phi) is 7.65. The zero-order chi connectivity index (χ0) is 24.2. The van der Waals surface area contributed by atoms with Crippen LogP contribution in [-0.4, -0.2) is 50.1 Å². The van der Waals surface area contributed by atoms with Crippen LogP contribution >= 0.6 is 27.5 Å². The van der Waals surface area contributed by atoms with Crippen LogP contribution in [0.5, 0.6) is 0 Å². The van der Waals surface area contributed by atoms with Crippen molar-refractivity contribution in [2.45, 2.75) is 44.6 Å². The number of benzene rings is 2. The Morgan fingerprint density at radius 1 is 1.24 bits per heavy atom. The lowest BCUT2D eigenvalue weighted by atomic mass is 9.95. The molecule has 0 saturated carbocycles. The van der Waals surface area contributed by atoms with Gasteiger partial charge in [0.15, 0.2) is 5.78 Å². The Balaban J connectivity index is 1.45. The maximum atomic E-state index is 12.9. The first-order valence-corrected chi connectivity index (χ1v) is 12.0. The van der Waals surface area contributed by atoms with Gasteiger partial charge in [-0.05, 0) is 46.5 Å². The maximum Gasteiger partial charge on any atom is 0.410 e. The highest BCUT2D eigenvalue weighted by Crippen LogP contribution is 2.26. The molecule has 8 nitrogen and oxygen atoms in total. The predicted octanol–water partition coefficient (Wildman–Crippen LogP) is 3.93. The number of ether oxygens (including phenoxy) is 1. The number of fused-ring (bicyclic) bond motifs is 1. The van der Waals surface area contributed by atoms with Crippen LogP contribution in [0.1, 0.15) is 24.8 Å². The van der Waals surface area contributed by atoms with E-state index < -0.39 is 23.8 Å². The van der Waals surface area contributed by atoms with Crippen LogP contribution in [0.2, 0.25) is 5.02 Å². The van der Waals surface area contributed by atoms with Gasteiger partial charge in [-0.2, -0.15) is 0 Å². The smallest absolute Gasteiger partial charge is 0.410 e. The second kappa shape index (κ2) is 10.7. The Labute approximate surface area is 209 Å². The zero-order valence-electron chi connectivity index (χ0n) is 18.2. The minimum atomic E-state index is -0.857. The van der Waals surface area contributed by atoms with E-state index in [9.17, 15) is 19.5 Å². The minimum absolute atomic E-state index is 0.101. The van der Waals surface area contributed by atoms with Crippen molar-refractivity contribution >= 4 is 50.3 Å². The van der Waals surface area contributed by atoms with Gasteiger partial charge in [0.2, 0.25) is 0 Å². The molecule has 3 aromatic rings. The standard InChI is InChI=1S/C24H23BrClN3O5/c25-18-11-20-17(10-19(18)26)23(32)28(14-27-20)12-16(30)9-21-22(31)7-4-8-29(21)24(33)34-13-15-5-2-1-3-6-15/h1-3,5-6,10-11,14,21-22,31H,4,7-9,12-13H2/t21-,22+/m1/s1. The molecule has 0 unspecified atom stereocenters. The average Bonchev–Trinajstić information content (AvgIpc) is 2.82. The molecule has 178 valence electrons. The van der Waals surface area contributed by atoms with Gasteiger partial charge in [-0.3, -0.25) is 14.2 Å². The fourth-order valence-corrected chi connectivity index (χ4v) is 4.56. The Hall–Kier alpha value is -2.75. The largest absolute Gasteiger partial charge is 0.445 e. The summed E-state index contributed by atoms with van der Waals surface area (Å²) in [6.45, 7) is 0.253. The summed E-state index contributed by atoms with van der Waals surface area (Å²) >= 11 is 9.41. The molecule has 1 aliphatic heterocycles. The second-order valence-corrected chi connectivity index (χ2v) is 9.48. The normalized spacial score (nSPS) is 18.1. The van der Waals surface area contributed by atoms with Crippen molar-refractivity contribution < 1.29 is 19.4 Å². The summed E-state index contributed by atoms with van der Waals surface area (Å²) in [4.78, 5) is 44.1. The fraction of sp³-hybridized carbons (Fsp3) is 0.333. The molecule has 2 atom stereocenters. The predicted molar refractivity (Wildman–Crippen MR) is 131 cm³/mol. The molecule has 1 amide bonds.